The van der Waals surface area contributed by atoms with Crippen LogP contribution >= 0.6 is 0 Å². The molecule has 6 nitrogen and oxygen atoms in total. The predicted molar refractivity (Wildman–Crippen MR) is 80.6 cm³/mol. The number of hydrogen-bond acceptors (Lipinski definition) is 5. The third-order valence-corrected chi connectivity index (χ3v) is 6.83. The highest BCUT2D eigenvalue weighted by Gasteiger charge is 2.52. The molecule has 2 saturated carbocycles. The van der Waals surface area contributed by atoms with Crippen LogP contribution in [0, 0.1) is 17.8 Å². The van der Waals surface area contributed by atoms with Crippen LogP contribution in [0.4, 0.5) is 0 Å². The van der Waals surface area contributed by atoms with Crippen molar-refractivity contribution < 1.29 is 22.7 Å². The monoisotopic (exact) mass is 331 g/mol. The molecule has 7 heteroatoms. The van der Waals surface area contributed by atoms with Crippen LogP contribution in [0.25, 0.3) is 0 Å². The highest BCUT2D eigenvalue weighted by Crippen LogP contribution is 2.49. The molecule has 126 valence electrons. The van der Waals surface area contributed by atoms with E-state index in [0.29, 0.717) is 6.61 Å². The molecule has 1 N–H and O–H groups in total. The first-order valence-corrected chi connectivity index (χ1v) is 9.85. The Bertz CT molecular complexity index is 514. The molecule has 0 amide bonds. The molecule has 0 aromatic heterocycles. The van der Waals surface area contributed by atoms with Crippen LogP contribution in [-0.2, 0) is 24.3 Å². The Kier molecular flexibility index (Phi) is 4.75. The molecule has 0 aromatic rings. The van der Waals surface area contributed by atoms with Crippen molar-refractivity contribution in [1.29, 1.82) is 0 Å². The topological polar surface area (TPSA) is 81.7 Å². The van der Waals surface area contributed by atoms with E-state index in [0.717, 1.165) is 38.5 Å². The number of nitrogens with one attached hydrogen (secondary N) is 1. The number of carbonyl (C=O) groups is 1. The zero-order valence-corrected chi connectivity index (χ0v) is 13.8. The normalized spacial score (nSPS) is 38.1. The zero-order valence-electron chi connectivity index (χ0n) is 13.0. The van der Waals surface area contributed by atoms with Gasteiger partial charge < -0.3 is 9.47 Å². The van der Waals surface area contributed by atoms with Crippen molar-refractivity contribution in [1.82, 2.24) is 4.72 Å². The summed E-state index contributed by atoms with van der Waals surface area (Å²) in [6, 6.07) is -0.306. The highest BCUT2D eigenvalue weighted by molar-refractivity contribution is 7.89. The van der Waals surface area contributed by atoms with Crippen molar-refractivity contribution >= 4 is 16.0 Å². The standard InChI is InChI=1S/C15H25NO5S/c1-20-15(17)13-10-5-6-11(8-10)14(13)16-22(18,19)9-12-4-2-3-7-21-12/h10-14,16H,2-9H2,1H3/t10-,11-,12-,13+,14-/m0/s1. The van der Waals surface area contributed by atoms with E-state index in [1.54, 1.807) is 0 Å². The van der Waals surface area contributed by atoms with Gasteiger partial charge in [0.15, 0.2) is 0 Å². The highest BCUT2D eigenvalue weighted by atomic mass is 32.2. The second-order valence-electron chi connectivity index (χ2n) is 6.80. The van der Waals surface area contributed by atoms with Crippen LogP contribution in [0.2, 0.25) is 0 Å². The Hall–Kier alpha value is -0.660. The minimum atomic E-state index is -3.44. The third kappa shape index (κ3) is 3.31. The van der Waals surface area contributed by atoms with Gasteiger partial charge in [0.05, 0.1) is 24.9 Å². The van der Waals surface area contributed by atoms with E-state index in [2.05, 4.69) is 4.72 Å². The molecule has 5 atom stereocenters. The summed E-state index contributed by atoms with van der Waals surface area (Å²) in [7, 11) is -2.07. The first-order valence-electron chi connectivity index (χ1n) is 8.19. The summed E-state index contributed by atoms with van der Waals surface area (Å²) in [5.74, 6) is -0.0961. The van der Waals surface area contributed by atoms with Crippen molar-refractivity contribution in [3.05, 3.63) is 0 Å². The Labute approximate surface area is 132 Å². The second kappa shape index (κ2) is 6.45. The van der Waals surface area contributed by atoms with Crippen molar-refractivity contribution in [3.63, 3.8) is 0 Å². The van der Waals surface area contributed by atoms with Crippen LogP contribution in [0.15, 0.2) is 0 Å². The van der Waals surface area contributed by atoms with Gasteiger partial charge in [-0.2, -0.15) is 0 Å². The average molecular weight is 331 g/mol. The first-order chi connectivity index (χ1) is 10.5. The predicted octanol–water partition coefficient (Wildman–Crippen LogP) is 1.06. The lowest BCUT2D eigenvalue weighted by atomic mass is 9.85. The number of rotatable bonds is 5. The van der Waals surface area contributed by atoms with Crippen LogP contribution in [0.1, 0.15) is 38.5 Å². The Morgan fingerprint density at radius 3 is 2.68 bits per heavy atom. The lowest BCUT2D eigenvalue weighted by Crippen LogP contribution is -2.49. The molecular weight excluding hydrogens is 306 g/mol. The number of sulfonamides is 1. The molecule has 3 aliphatic rings. The number of esters is 1. The lowest BCUT2D eigenvalue weighted by Gasteiger charge is -2.30. The number of hydrogen-bond donors (Lipinski definition) is 1. The van der Waals surface area contributed by atoms with E-state index in [-0.39, 0.29) is 41.6 Å². The first kappa shape index (κ1) is 16.2. The lowest BCUT2D eigenvalue weighted by molar-refractivity contribution is -0.148. The Morgan fingerprint density at radius 1 is 1.23 bits per heavy atom. The number of carbonyl (C=O) groups excluding carboxylic acids is 1. The Balaban J connectivity index is 1.66. The number of ether oxygens (including phenoxy) is 2. The van der Waals surface area contributed by atoms with Crippen LogP contribution in [0.5, 0.6) is 0 Å². The summed E-state index contributed by atoms with van der Waals surface area (Å²) in [5.41, 5.74) is 0. The molecule has 2 bridgehead atoms. The van der Waals surface area contributed by atoms with E-state index in [1.807, 2.05) is 0 Å². The maximum atomic E-state index is 12.4. The maximum Gasteiger partial charge on any atom is 0.310 e. The SMILES string of the molecule is COC(=O)[C@@H]1[C@H]2CC[C@@H](C2)[C@@H]1NS(=O)(=O)C[C@@H]1CCCCO1. The molecule has 1 aliphatic heterocycles. The molecule has 0 radical (unpaired) electrons. The van der Waals surface area contributed by atoms with Crippen molar-refractivity contribution in [2.24, 2.45) is 17.8 Å². The van der Waals surface area contributed by atoms with Crippen molar-refractivity contribution in [2.45, 2.75) is 50.7 Å². The molecular formula is C15H25NO5S. The minimum Gasteiger partial charge on any atom is -0.469 e. The Morgan fingerprint density at radius 2 is 2.00 bits per heavy atom. The van der Waals surface area contributed by atoms with Gasteiger partial charge >= 0.3 is 5.97 Å². The largest absolute Gasteiger partial charge is 0.469 e. The summed E-state index contributed by atoms with van der Waals surface area (Å²) in [5, 5.41) is 0. The van der Waals surface area contributed by atoms with Gasteiger partial charge in [-0.1, -0.05) is 0 Å². The van der Waals surface area contributed by atoms with Gasteiger partial charge in [-0.25, -0.2) is 13.1 Å². The summed E-state index contributed by atoms with van der Waals surface area (Å²) >= 11 is 0. The summed E-state index contributed by atoms with van der Waals surface area (Å²) < 4.78 is 38.1. The fourth-order valence-corrected chi connectivity index (χ4v) is 5.98. The molecule has 3 fully saturated rings. The summed E-state index contributed by atoms with van der Waals surface area (Å²) in [4.78, 5) is 12.0. The molecule has 0 aromatic carbocycles. The fourth-order valence-electron chi connectivity index (χ4n) is 4.38. The molecule has 0 unspecified atom stereocenters. The van der Waals surface area contributed by atoms with Crippen molar-refractivity contribution in [2.75, 3.05) is 19.5 Å². The van der Waals surface area contributed by atoms with Gasteiger partial charge in [0.1, 0.15) is 0 Å². The van der Waals surface area contributed by atoms with E-state index < -0.39 is 10.0 Å². The van der Waals surface area contributed by atoms with Gasteiger partial charge in [-0.3, -0.25) is 4.79 Å². The van der Waals surface area contributed by atoms with Crippen LogP contribution in [0.3, 0.4) is 0 Å². The smallest absolute Gasteiger partial charge is 0.310 e. The zero-order chi connectivity index (χ0) is 15.7. The van der Waals surface area contributed by atoms with Gasteiger partial charge in [0.2, 0.25) is 10.0 Å². The van der Waals surface area contributed by atoms with Gasteiger partial charge in [-0.15, -0.1) is 0 Å². The molecule has 22 heavy (non-hydrogen) atoms. The van der Waals surface area contributed by atoms with E-state index in [9.17, 15) is 13.2 Å². The summed E-state index contributed by atoms with van der Waals surface area (Å²) in [6.45, 7) is 0.638. The molecule has 1 heterocycles. The van der Waals surface area contributed by atoms with E-state index >= 15 is 0 Å². The quantitative estimate of drug-likeness (QED) is 0.762. The van der Waals surface area contributed by atoms with Gasteiger partial charge in [0, 0.05) is 12.6 Å². The average Bonchev–Trinajstić information content (AvgIpc) is 3.07. The number of fused-ring (bicyclic) bond motifs is 2. The number of methoxy groups -OCH3 is 1. The molecule has 2 aliphatic carbocycles. The van der Waals surface area contributed by atoms with Crippen LogP contribution in [-0.4, -0.2) is 46.0 Å². The third-order valence-electron chi connectivity index (χ3n) is 5.38. The van der Waals surface area contributed by atoms with E-state index in [4.69, 9.17) is 9.47 Å². The molecule has 0 spiro atoms. The summed E-state index contributed by atoms with van der Waals surface area (Å²) in [6.07, 6.45) is 5.49. The van der Waals surface area contributed by atoms with Crippen molar-refractivity contribution in [3.8, 4) is 0 Å². The molecule has 1 saturated heterocycles. The van der Waals surface area contributed by atoms with Gasteiger partial charge in [-0.05, 0) is 50.4 Å². The van der Waals surface area contributed by atoms with Gasteiger partial charge in [0.25, 0.3) is 0 Å². The minimum absolute atomic E-state index is 0.00518. The molecule has 3 rings (SSSR count). The van der Waals surface area contributed by atoms with E-state index in [1.165, 1.54) is 7.11 Å². The van der Waals surface area contributed by atoms with Crippen LogP contribution < -0.4 is 4.72 Å². The fraction of sp³-hybridized carbons (Fsp3) is 0.933. The maximum absolute atomic E-state index is 12.4. The second-order valence-corrected chi connectivity index (χ2v) is 8.59.